The van der Waals surface area contributed by atoms with Crippen molar-refractivity contribution in [2.24, 2.45) is 0 Å². The number of anilines is 1. The number of nitrogens with one attached hydrogen (secondary N) is 2. The zero-order chi connectivity index (χ0) is 14.6. The summed E-state index contributed by atoms with van der Waals surface area (Å²) in [5.74, 6) is 0. The molecule has 0 aliphatic carbocycles. The molecule has 0 radical (unpaired) electrons. The monoisotopic (exact) mass is 299 g/mol. The molecule has 8 heteroatoms. The summed E-state index contributed by atoms with van der Waals surface area (Å²) >= 11 is 0. The molecule has 1 saturated heterocycles. The molecule has 2 heterocycles. The lowest BCUT2D eigenvalue weighted by Gasteiger charge is -2.32. The Bertz CT molecular complexity index is 541. The number of hydrogen-bond acceptors (Lipinski definition) is 6. The highest BCUT2D eigenvalue weighted by Crippen LogP contribution is 2.19. The van der Waals surface area contributed by atoms with Crippen molar-refractivity contribution in [1.82, 2.24) is 19.7 Å². The fourth-order valence-electron chi connectivity index (χ4n) is 2.05. The number of hydrogen-bond donors (Lipinski definition) is 2. The molecule has 112 valence electrons. The highest BCUT2D eigenvalue weighted by Gasteiger charge is 2.23. The smallest absolute Gasteiger partial charge is 0.257 e. The van der Waals surface area contributed by atoms with Crippen LogP contribution >= 0.6 is 0 Å². The molecule has 0 amide bonds. The van der Waals surface area contributed by atoms with Crippen molar-refractivity contribution in [3.8, 4) is 0 Å². The Balaban J connectivity index is 2.14. The lowest BCUT2D eigenvalue weighted by atomic mass is 10.4. The number of pyridine rings is 1. The summed E-state index contributed by atoms with van der Waals surface area (Å²) < 4.78 is 24.9. The SMILES string of the molecule is CCNc1ccncc1S(=O)(=O)NN1CCN(C)CC1. The summed E-state index contributed by atoms with van der Waals surface area (Å²) in [6.45, 7) is 5.61. The van der Waals surface area contributed by atoms with E-state index in [9.17, 15) is 8.42 Å². The molecule has 0 saturated carbocycles. The van der Waals surface area contributed by atoms with E-state index in [1.54, 1.807) is 17.3 Å². The van der Waals surface area contributed by atoms with E-state index in [1.165, 1.54) is 6.20 Å². The van der Waals surface area contributed by atoms with Gasteiger partial charge in [0, 0.05) is 45.1 Å². The molecule has 1 fully saturated rings. The molecule has 1 aromatic rings. The number of piperazine rings is 1. The van der Waals surface area contributed by atoms with E-state index in [0.717, 1.165) is 13.1 Å². The quantitative estimate of drug-likeness (QED) is 0.794. The van der Waals surface area contributed by atoms with E-state index >= 15 is 0 Å². The molecule has 0 unspecified atom stereocenters. The molecule has 0 bridgehead atoms. The Morgan fingerprint density at radius 3 is 2.65 bits per heavy atom. The first-order chi connectivity index (χ1) is 9.53. The van der Waals surface area contributed by atoms with E-state index < -0.39 is 10.0 Å². The van der Waals surface area contributed by atoms with Crippen molar-refractivity contribution < 1.29 is 8.42 Å². The predicted molar refractivity (Wildman–Crippen MR) is 77.8 cm³/mol. The summed E-state index contributed by atoms with van der Waals surface area (Å²) in [5.41, 5.74) is 0.573. The highest BCUT2D eigenvalue weighted by molar-refractivity contribution is 7.89. The van der Waals surface area contributed by atoms with Gasteiger partial charge in [0.05, 0.1) is 5.69 Å². The number of aromatic nitrogens is 1. The van der Waals surface area contributed by atoms with Gasteiger partial charge in [-0.1, -0.05) is 0 Å². The largest absolute Gasteiger partial charge is 0.384 e. The van der Waals surface area contributed by atoms with Crippen LogP contribution in [-0.4, -0.2) is 63.1 Å². The molecule has 2 rings (SSSR count). The van der Waals surface area contributed by atoms with Gasteiger partial charge in [-0.25, -0.2) is 13.4 Å². The van der Waals surface area contributed by atoms with Crippen LogP contribution < -0.4 is 10.1 Å². The molecular weight excluding hydrogens is 278 g/mol. The number of nitrogens with zero attached hydrogens (tertiary/aromatic N) is 3. The second kappa shape index (κ2) is 6.49. The van der Waals surface area contributed by atoms with Crippen molar-refractivity contribution in [3.63, 3.8) is 0 Å². The van der Waals surface area contributed by atoms with E-state index in [1.807, 2.05) is 14.0 Å². The first-order valence-electron chi connectivity index (χ1n) is 6.67. The topological polar surface area (TPSA) is 77.6 Å². The number of likely N-dealkylation sites (N-methyl/N-ethyl adjacent to an activating group) is 1. The van der Waals surface area contributed by atoms with Crippen LogP contribution in [0.5, 0.6) is 0 Å². The first kappa shape index (κ1) is 15.2. The average molecular weight is 299 g/mol. The van der Waals surface area contributed by atoms with Gasteiger partial charge in [0.15, 0.2) is 0 Å². The van der Waals surface area contributed by atoms with Crippen LogP contribution in [0.4, 0.5) is 5.69 Å². The van der Waals surface area contributed by atoms with E-state index in [-0.39, 0.29) is 4.90 Å². The molecule has 2 N–H and O–H groups in total. The fraction of sp³-hybridized carbons (Fsp3) is 0.583. The van der Waals surface area contributed by atoms with Gasteiger partial charge in [-0.3, -0.25) is 4.98 Å². The first-order valence-corrected chi connectivity index (χ1v) is 8.15. The van der Waals surface area contributed by atoms with E-state index in [4.69, 9.17) is 0 Å². The standard InChI is InChI=1S/C12H21N5O2S/c1-3-14-11-4-5-13-10-12(11)20(18,19)15-17-8-6-16(2)7-9-17/h4-5,10,15H,3,6-9H2,1-2H3,(H,13,14). The second-order valence-electron chi connectivity index (χ2n) is 4.79. The van der Waals surface area contributed by atoms with E-state index in [2.05, 4.69) is 20.0 Å². The Labute approximate surface area is 120 Å². The van der Waals surface area contributed by atoms with Crippen LogP contribution in [0.1, 0.15) is 6.92 Å². The maximum atomic E-state index is 12.4. The lowest BCUT2D eigenvalue weighted by Crippen LogP contribution is -2.52. The van der Waals surface area contributed by atoms with Gasteiger partial charge in [0.25, 0.3) is 10.0 Å². The van der Waals surface area contributed by atoms with Crippen molar-refractivity contribution in [2.45, 2.75) is 11.8 Å². The van der Waals surface area contributed by atoms with Gasteiger partial charge in [0.2, 0.25) is 0 Å². The molecular formula is C12H21N5O2S. The molecule has 7 nitrogen and oxygen atoms in total. The van der Waals surface area contributed by atoms with Crippen LogP contribution in [0.25, 0.3) is 0 Å². The van der Waals surface area contributed by atoms with Gasteiger partial charge >= 0.3 is 0 Å². The third-order valence-corrected chi connectivity index (χ3v) is 4.60. The van der Waals surface area contributed by atoms with Crippen LogP contribution in [0, 0.1) is 0 Å². The van der Waals surface area contributed by atoms with Crippen LogP contribution in [0.15, 0.2) is 23.4 Å². The second-order valence-corrected chi connectivity index (χ2v) is 6.42. The molecule has 0 aromatic carbocycles. The molecule has 20 heavy (non-hydrogen) atoms. The number of rotatable bonds is 5. The molecule has 0 spiro atoms. The summed E-state index contributed by atoms with van der Waals surface area (Å²) in [5, 5.41) is 4.77. The average Bonchev–Trinajstić information content (AvgIpc) is 2.42. The zero-order valence-corrected chi connectivity index (χ0v) is 12.7. The summed E-state index contributed by atoms with van der Waals surface area (Å²) in [4.78, 5) is 8.89. The van der Waals surface area contributed by atoms with Crippen molar-refractivity contribution in [2.75, 3.05) is 45.1 Å². The van der Waals surface area contributed by atoms with Gasteiger partial charge in [-0.05, 0) is 20.0 Å². The Hall–Kier alpha value is -1.22. The van der Waals surface area contributed by atoms with Gasteiger partial charge in [0.1, 0.15) is 4.90 Å². The third kappa shape index (κ3) is 3.66. The summed E-state index contributed by atoms with van der Waals surface area (Å²) in [6, 6.07) is 1.67. The Morgan fingerprint density at radius 1 is 1.30 bits per heavy atom. The minimum absolute atomic E-state index is 0.181. The molecule has 1 aliphatic heterocycles. The normalized spacial score (nSPS) is 18.1. The predicted octanol–water partition coefficient (Wildman–Crippen LogP) is -0.0459. The zero-order valence-electron chi connectivity index (χ0n) is 11.8. The van der Waals surface area contributed by atoms with Gasteiger partial charge in [-0.15, -0.1) is 4.83 Å². The van der Waals surface area contributed by atoms with Crippen molar-refractivity contribution in [1.29, 1.82) is 0 Å². The minimum atomic E-state index is -3.60. The van der Waals surface area contributed by atoms with Gasteiger partial charge in [-0.2, -0.15) is 0 Å². The van der Waals surface area contributed by atoms with Gasteiger partial charge < -0.3 is 10.2 Å². The maximum absolute atomic E-state index is 12.4. The Morgan fingerprint density at radius 2 is 2.00 bits per heavy atom. The maximum Gasteiger partial charge on any atom is 0.257 e. The van der Waals surface area contributed by atoms with E-state index in [0.29, 0.717) is 25.3 Å². The molecule has 1 aromatic heterocycles. The third-order valence-electron chi connectivity index (χ3n) is 3.19. The van der Waals surface area contributed by atoms with Crippen LogP contribution in [0.2, 0.25) is 0 Å². The summed E-state index contributed by atoms with van der Waals surface area (Å²) in [7, 11) is -1.57. The minimum Gasteiger partial charge on any atom is -0.384 e. The highest BCUT2D eigenvalue weighted by atomic mass is 32.2. The number of sulfonamides is 1. The van der Waals surface area contributed by atoms with Crippen molar-refractivity contribution in [3.05, 3.63) is 18.5 Å². The Kier molecular flexibility index (Phi) is 4.92. The molecule has 0 atom stereocenters. The van der Waals surface area contributed by atoms with Crippen LogP contribution in [0.3, 0.4) is 0 Å². The lowest BCUT2D eigenvalue weighted by molar-refractivity contribution is 0.135. The number of hydrazine groups is 1. The fourth-order valence-corrected chi connectivity index (χ4v) is 3.30. The van der Waals surface area contributed by atoms with Crippen molar-refractivity contribution >= 4 is 15.7 Å². The van der Waals surface area contributed by atoms with Crippen LogP contribution in [-0.2, 0) is 10.0 Å². The summed E-state index contributed by atoms with van der Waals surface area (Å²) in [6.07, 6.45) is 2.95. The molecule has 1 aliphatic rings.